The molecule has 2 N–H and O–H groups in total. The minimum atomic E-state index is -0.285. The number of nitrogens with one attached hydrogen (secondary N) is 2. The van der Waals surface area contributed by atoms with E-state index in [0.717, 1.165) is 20.1 Å². The number of nitrogens with zero attached hydrogens (tertiary/aromatic N) is 2. The van der Waals surface area contributed by atoms with Crippen molar-refractivity contribution < 1.29 is 19.1 Å². The molecule has 0 bridgehead atoms. The summed E-state index contributed by atoms with van der Waals surface area (Å²) in [5.41, 5.74) is 6.41. The monoisotopic (exact) mass is 552 g/mol. The smallest absolute Gasteiger partial charge is 0.240 e. The van der Waals surface area contributed by atoms with Crippen LogP contribution in [-0.4, -0.2) is 38.5 Å². The zero-order valence-corrected chi connectivity index (χ0v) is 20.2. The van der Waals surface area contributed by atoms with Gasteiger partial charge < -0.3 is 9.47 Å². The molecule has 2 aromatic carbocycles. The Balaban J connectivity index is 1.71. The lowest BCUT2D eigenvalue weighted by molar-refractivity contribution is -0.122. The molecule has 8 nitrogen and oxygen atoms in total. The Labute approximate surface area is 197 Å². The molecule has 0 spiro atoms. The second-order valence-corrected chi connectivity index (χ2v) is 7.92. The molecule has 2 aromatic rings. The molecule has 0 aliphatic rings. The highest BCUT2D eigenvalue weighted by molar-refractivity contribution is 9.10. The molecule has 0 heterocycles. The van der Waals surface area contributed by atoms with E-state index >= 15 is 0 Å². The number of ether oxygens (including phenoxy) is 2. The normalized spacial score (nSPS) is 11.0. The molecule has 0 saturated heterocycles. The summed E-state index contributed by atoms with van der Waals surface area (Å²) in [7, 11) is 3.15. The second kappa shape index (κ2) is 12.9. The molecule has 0 aromatic heterocycles. The van der Waals surface area contributed by atoms with Gasteiger partial charge in [-0.2, -0.15) is 10.2 Å². The van der Waals surface area contributed by atoms with Crippen LogP contribution in [0.3, 0.4) is 0 Å². The van der Waals surface area contributed by atoms with Gasteiger partial charge in [-0.3, -0.25) is 9.59 Å². The maximum absolute atomic E-state index is 11.9. The van der Waals surface area contributed by atoms with E-state index in [1.807, 2.05) is 24.3 Å². The lowest BCUT2D eigenvalue weighted by atomic mass is 10.2. The highest BCUT2D eigenvalue weighted by Crippen LogP contribution is 2.21. The Bertz CT molecular complexity index is 902. The fraction of sp³-hybridized carbons (Fsp3) is 0.238. The van der Waals surface area contributed by atoms with Gasteiger partial charge in [0.2, 0.25) is 11.8 Å². The van der Waals surface area contributed by atoms with Crippen molar-refractivity contribution >= 4 is 56.1 Å². The van der Waals surface area contributed by atoms with Gasteiger partial charge in [0, 0.05) is 32.9 Å². The molecule has 0 unspecified atom stereocenters. The van der Waals surface area contributed by atoms with Crippen molar-refractivity contribution in [1.82, 2.24) is 10.9 Å². The number of hydrogen-bond acceptors (Lipinski definition) is 6. The predicted molar refractivity (Wildman–Crippen MR) is 127 cm³/mol. The van der Waals surface area contributed by atoms with Crippen LogP contribution in [0.5, 0.6) is 11.5 Å². The molecule has 2 amide bonds. The predicted octanol–water partition coefficient (Wildman–Crippen LogP) is 4.00. The van der Waals surface area contributed by atoms with E-state index in [9.17, 15) is 9.59 Å². The van der Waals surface area contributed by atoms with Crippen LogP contribution in [-0.2, 0) is 9.59 Å². The first-order chi connectivity index (χ1) is 14.9. The third kappa shape index (κ3) is 8.50. The first-order valence-electron chi connectivity index (χ1n) is 9.24. The van der Waals surface area contributed by atoms with Crippen molar-refractivity contribution in [3.8, 4) is 11.5 Å². The number of hydrogen-bond donors (Lipinski definition) is 2. The van der Waals surface area contributed by atoms with Crippen molar-refractivity contribution in [3.63, 3.8) is 0 Å². The van der Waals surface area contributed by atoms with Crippen molar-refractivity contribution in [2.45, 2.75) is 19.3 Å². The average Bonchev–Trinajstić information content (AvgIpc) is 2.76. The fourth-order valence-corrected chi connectivity index (χ4v) is 3.06. The molecule has 2 rings (SSSR count). The summed E-state index contributed by atoms with van der Waals surface area (Å²) in [4.78, 5) is 23.8. The minimum Gasteiger partial charge on any atom is -0.497 e. The zero-order chi connectivity index (χ0) is 22.6. The van der Waals surface area contributed by atoms with E-state index in [-0.39, 0.29) is 24.7 Å². The van der Waals surface area contributed by atoms with Gasteiger partial charge in [0.1, 0.15) is 11.5 Å². The number of rotatable bonds is 10. The summed E-state index contributed by atoms with van der Waals surface area (Å²) in [5, 5.41) is 7.86. The number of benzene rings is 2. The van der Waals surface area contributed by atoms with Gasteiger partial charge in [0.15, 0.2) is 0 Å². The van der Waals surface area contributed by atoms with Crippen molar-refractivity contribution in [3.05, 3.63) is 56.5 Å². The zero-order valence-electron chi connectivity index (χ0n) is 17.0. The summed E-state index contributed by atoms with van der Waals surface area (Å²) in [5.74, 6) is 0.797. The van der Waals surface area contributed by atoms with Gasteiger partial charge in [-0.15, -0.1) is 0 Å². The second-order valence-electron chi connectivity index (χ2n) is 6.21. The van der Waals surface area contributed by atoms with E-state index < -0.39 is 0 Å². The van der Waals surface area contributed by atoms with E-state index in [4.69, 9.17) is 9.47 Å². The first kappa shape index (κ1) is 24.5. The summed E-state index contributed by atoms with van der Waals surface area (Å²) in [6.45, 7) is 0. The number of carbonyl (C=O) groups is 2. The Morgan fingerprint density at radius 1 is 0.839 bits per heavy atom. The summed E-state index contributed by atoms with van der Waals surface area (Å²) >= 11 is 6.81. The Morgan fingerprint density at radius 2 is 1.26 bits per heavy atom. The lowest BCUT2D eigenvalue weighted by Crippen LogP contribution is -2.20. The molecule has 31 heavy (non-hydrogen) atoms. The van der Waals surface area contributed by atoms with Crippen molar-refractivity contribution in [1.29, 1.82) is 0 Å². The van der Waals surface area contributed by atoms with Gasteiger partial charge in [0.25, 0.3) is 0 Å². The van der Waals surface area contributed by atoms with Crippen LogP contribution in [0.2, 0.25) is 0 Å². The lowest BCUT2D eigenvalue weighted by Gasteiger charge is -2.04. The molecule has 164 valence electrons. The maximum Gasteiger partial charge on any atom is 0.240 e. The Morgan fingerprint density at radius 3 is 1.65 bits per heavy atom. The third-order valence-electron chi connectivity index (χ3n) is 4.00. The molecular formula is C21H22Br2N4O4. The SMILES string of the molecule is COc1ccc(Br)c(C=NNC(=O)CCCC(=O)NN=Cc2cc(OC)ccc2Br)c1. The van der Waals surface area contributed by atoms with Gasteiger partial charge >= 0.3 is 0 Å². The molecule has 0 aliphatic heterocycles. The highest BCUT2D eigenvalue weighted by atomic mass is 79.9. The molecule has 0 aliphatic carbocycles. The van der Waals surface area contributed by atoms with Crippen LogP contribution in [0, 0.1) is 0 Å². The number of methoxy groups -OCH3 is 2. The van der Waals surface area contributed by atoms with Crippen molar-refractivity contribution in [2.75, 3.05) is 14.2 Å². The molecule has 0 saturated carbocycles. The average molecular weight is 554 g/mol. The fourth-order valence-electron chi connectivity index (χ4n) is 2.36. The van der Waals surface area contributed by atoms with Crippen LogP contribution in [0.25, 0.3) is 0 Å². The van der Waals surface area contributed by atoms with Gasteiger partial charge in [-0.05, 0) is 42.8 Å². The highest BCUT2D eigenvalue weighted by Gasteiger charge is 2.05. The number of carbonyl (C=O) groups excluding carboxylic acids is 2. The third-order valence-corrected chi connectivity index (χ3v) is 5.44. The van der Waals surface area contributed by atoms with E-state index in [1.54, 1.807) is 26.4 Å². The topological polar surface area (TPSA) is 101 Å². The minimum absolute atomic E-state index is 0.162. The van der Waals surface area contributed by atoms with Gasteiger partial charge in [-0.1, -0.05) is 31.9 Å². The molecule has 0 radical (unpaired) electrons. The van der Waals surface area contributed by atoms with Crippen LogP contribution in [0.4, 0.5) is 0 Å². The molecular weight excluding hydrogens is 532 g/mol. The molecule has 0 fully saturated rings. The van der Waals surface area contributed by atoms with Gasteiger partial charge in [0.05, 0.1) is 26.6 Å². The van der Waals surface area contributed by atoms with Crippen molar-refractivity contribution in [2.24, 2.45) is 10.2 Å². The van der Waals surface area contributed by atoms with E-state index in [1.165, 1.54) is 12.4 Å². The largest absolute Gasteiger partial charge is 0.497 e. The van der Waals surface area contributed by atoms with Crippen LogP contribution >= 0.6 is 31.9 Å². The standard InChI is InChI=1S/C21H22Br2N4O4/c1-30-16-6-8-18(22)14(10-16)12-24-26-20(28)4-3-5-21(29)27-25-13-15-11-17(31-2)7-9-19(15)23/h6-13H,3-5H2,1-2H3,(H,26,28)(H,27,29). The first-order valence-corrected chi connectivity index (χ1v) is 10.8. The summed E-state index contributed by atoms with van der Waals surface area (Å²) in [6, 6.07) is 10.9. The summed E-state index contributed by atoms with van der Waals surface area (Å²) < 4.78 is 12.0. The van der Waals surface area contributed by atoms with Crippen LogP contribution in [0.1, 0.15) is 30.4 Å². The van der Waals surface area contributed by atoms with Crippen LogP contribution in [0.15, 0.2) is 55.5 Å². The number of halogens is 2. The summed E-state index contributed by atoms with van der Waals surface area (Å²) in [6.07, 6.45) is 3.73. The maximum atomic E-state index is 11.9. The van der Waals surface area contributed by atoms with E-state index in [0.29, 0.717) is 17.9 Å². The Hall–Kier alpha value is -2.72. The number of amides is 2. The molecule has 10 heteroatoms. The molecule has 0 atom stereocenters. The van der Waals surface area contributed by atoms with Gasteiger partial charge in [-0.25, -0.2) is 10.9 Å². The quantitative estimate of drug-likeness (QED) is 0.343. The van der Waals surface area contributed by atoms with E-state index in [2.05, 4.69) is 52.9 Å². The Kier molecular flexibility index (Phi) is 10.2. The number of hydrazone groups is 2. The van der Waals surface area contributed by atoms with Crippen LogP contribution < -0.4 is 20.3 Å².